The van der Waals surface area contributed by atoms with Crippen LogP contribution in [-0.4, -0.2) is 11.1 Å². The maximum atomic E-state index is 11.9. The fourth-order valence-corrected chi connectivity index (χ4v) is 3.25. The highest BCUT2D eigenvalue weighted by Gasteiger charge is 2.07. The zero-order valence-corrected chi connectivity index (χ0v) is 13.8. The molecule has 3 nitrogen and oxygen atoms in total. The molecule has 0 saturated carbocycles. The van der Waals surface area contributed by atoms with E-state index < -0.39 is 0 Å². The first-order valence-electron chi connectivity index (χ1n) is 7.00. The minimum absolute atomic E-state index is 0.187. The largest absolute Gasteiger partial charge is 0.508 e. The van der Waals surface area contributed by atoms with Gasteiger partial charge in [-0.25, -0.2) is 0 Å². The third-order valence-electron chi connectivity index (χ3n) is 3.18. The Hall–Kier alpha value is -2.24. The van der Waals surface area contributed by atoms with Gasteiger partial charge in [0, 0.05) is 9.77 Å². The topological polar surface area (TPSA) is 46.5 Å². The maximum Gasteiger partial charge on any atom is 0.322 e. The van der Waals surface area contributed by atoms with Gasteiger partial charge in [0.1, 0.15) is 5.75 Å². The first-order valence-corrected chi connectivity index (χ1v) is 8.62. The van der Waals surface area contributed by atoms with E-state index in [2.05, 4.69) is 6.07 Å². The van der Waals surface area contributed by atoms with E-state index in [9.17, 15) is 9.90 Å². The van der Waals surface area contributed by atoms with Crippen LogP contribution in [0.5, 0.6) is 5.75 Å². The van der Waals surface area contributed by atoms with E-state index in [0.717, 1.165) is 28.1 Å². The fraction of sp³-hybridized carbons (Fsp3) is 0.0556. The number of carbonyl (C=O) groups is 1. The lowest BCUT2D eigenvalue weighted by molar-refractivity contribution is -0.132. The second kappa shape index (κ2) is 7.35. The Balaban J connectivity index is 1.54. The molecular weight excluding hydrogens is 328 g/mol. The Bertz CT molecular complexity index is 763. The molecule has 3 rings (SSSR count). The molecule has 2 aromatic carbocycles. The van der Waals surface area contributed by atoms with E-state index in [1.807, 2.05) is 35.7 Å². The zero-order valence-electron chi connectivity index (χ0n) is 12.1. The summed E-state index contributed by atoms with van der Waals surface area (Å²) >= 11 is 2.69. The average Bonchev–Trinajstić information content (AvgIpc) is 3.09. The standard InChI is InChI=1S/C18H14O3S2/c19-15-7-9-16(10-8-15)23-21-18(20)12-13-3-5-14(6-4-13)17-2-1-11-22-17/h1-11,19H,12H2. The molecule has 116 valence electrons. The number of thiophene rings is 1. The lowest BCUT2D eigenvalue weighted by atomic mass is 10.1. The SMILES string of the molecule is O=C(Cc1ccc(-c2cccs2)cc1)OSc1ccc(O)cc1. The molecule has 0 amide bonds. The number of aromatic hydroxyl groups is 1. The second-order valence-corrected chi connectivity index (χ2v) is 6.64. The van der Waals surface area contributed by atoms with Crippen molar-refractivity contribution in [2.75, 3.05) is 0 Å². The smallest absolute Gasteiger partial charge is 0.322 e. The summed E-state index contributed by atoms with van der Waals surface area (Å²) in [6.07, 6.45) is 0.232. The van der Waals surface area contributed by atoms with Crippen molar-refractivity contribution in [1.82, 2.24) is 0 Å². The van der Waals surface area contributed by atoms with Crippen LogP contribution in [0.25, 0.3) is 10.4 Å². The molecule has 0 aliphatic heterocycles. The first-order chi connectivity index (χ1) is 11.2. The normalized spacial score (nSPS) is 10.4. The molecule has 0 saturated heterocycles. The van der Waals surface area contributed by atoms with Crippen molar-refractivity contribution in [3.05, 3.63) is 71.6 Å². The molecule has 3 aromatic rings. The Labute approximate surface area is 142 Å². The van der Waals surface area contributed by atoms with E-state index in [1.165, 1.54) is 4.88 Å². The molecule has 0 bridgehead atoms. The predicted octanol–water partition coefficient (Wildman–Crippen LogP) is 4.91. The lowest BCUT2D eigenvalue weighted by Crippen LogP contribution is -2.03. The predicted molar refractivity (Wildman–Crippen MR) is 93.5 cm³/mol. The van der Waals surface area contributed by atoms with Gasteiger partial charge < -0.3 is 9.29 Å². The van der Waals surface area contributed by atoms with Crippen LogP contribution >= 0.6 is 23.4 Å². The minimum Gasteiger partial charge on any atom is -0.508 e. The number of benzene rings is 2. The number of phenols is 1. The Morgan fingerprint density at radius 1 is 1.04 bits per heavy atom. The summed E-state index contributed by atoms with van der Waals surface area (Å²) < 4.78 is 5.17. The Morgan fingerprint density at radius 3 is 2.43 bits per heavy atom. The minimum atomic E-state index is -0.299. The molecule has 23 heavy (non-hydrogen) atoms. The van der Waals surface area contributed by atoms with Gasteiger partial charge in [-0.1, -0.05) is 30.3 Å². The van der Waals surface area contributed by atoms with Crippen LogP contribution in [0, 0.1) is 0 Å². The lowest BCUT2D eigenvalue weighted by Gasteiger charge is -2.04. The molecular formula is C18H14O3S2. The molecule has 0 radical (unpaired) electrons. The Kier molecular flexibility index (Phi) is 5.00. The van der Waals surface area contributed by atoms with Crippen LogP contribution in [0.1, 0.15) is 5.56 Å². The zero-order chi connectivity index (χ0) is 16.1. The van der Waals surface area contributed by atoms with Crippen molar-refractivity contribution in [2.24, 2.45) is 0 Å². The summed E-state index contributed by atoms with van der Waals surface area (Å²) in [5.41, 5.74) is 2.07. The van der Waals surface area contributed by atoms with Gasteiger partial charge in [0.15, 0.2) is 0 Å². The number of hydrogen-bond donors (Lipinski definition) is 1. The van der Waals surface area contributed by atoms with Crippen molar-refractivity contribution in [3.63, 3.8) is 0 Å². The van der Waals surface area contributed by atoms with E-state index >= 15 is 0 Å². The van der Waals surface area contributed by atoms with Crippen LogP contribution in [0.2, 0.25) is 0 Å². The van der Waals surface area contributed by atoms with Gasteiger partial charge in [-0.3, -0.25) is 4.79 Å². The molecule has 1 aromatic heterocycles. The fourth-order valence-electron chi connectivity index (χ4n) is 2.02. The van der Waals surface area contributed by atoms with E-state index in [4.69, 9.17) is 4.18 Å². The van der Waals surface area contributed by atoms with E-state index in [-0.39, 0.29) is 18.1 Å². The highest BCUT2D eigenvalue weighted by atomic mass is 32.2. The summed E-state index contributed by atoms with van der Waals surface area (Å²) in [5.74, 6) is -0.113. The molecule has 0 spiro atoms. The van der Waals surface area contributed by atoms with Gasteiger partial charge in [-0.15, -0.1) is 11.3 Å². The third kappa shape index (κ3) is 4.37. The quantitative estimate of drug-likeness (QED) is 0.669. The number of rotatable bonds is 5. The molecule has 1 heterocycles. The second-order valence-electron chi connectivity index (χ2n) is 4.88. The summed E-state index contributed by atoms with van der Waals surface area (Å²) in [7, 11) is 0. The number of hydrogen-bond acceptors (Lipinski definition) is 5. The number of phenolic OH excluding ortho intramolecular Hbond substituents is 1. The van der Waals surface area contributed by atoms with Crippen molar-refractivity contribution < 1.29 is 14.1 Å². The van der Waals surface area contributed by atoms with Crippen LogP contribution in [0.3, 0.4) is 0 Å². The van der Waals surface area contributed by atoms with Gasteiger partial charge in [0.05, 0.1) is 18.5 Å². The van der Waals surface area contributed by atoms with Gasteiger partial charge >= 0.3 is 5.97 Å². The third-order valence-corrected chi connectivity index (χ3v) is 4.83. The van der Waals surface area contributed by atoms with E-state index in [1.54, 1.807) is 35.6 Å². The van der Waals surface area contributed by atoms with Gasteiger partial charge in [-0.2, -0.15) is 0 Å². The Morgan fingerprint density at radius 2 is 1.78 bits per heavy atom. The van der Waals surface area contributed by atoms with Gasteiger partial charge in [0.25, 0.3) is 0 Å². The first kappa shape index (κ1) is 15.6. The van der Waals surface area contributed by atoms with Gasteiger partial charge in [0.2, 0.25) is 0 Å². The van der Waals surface area contributed by atoms with Crippen molar-refractivity contribution >= 4 is 29.3 Å². The van der Waals surface area contributed by atoms with Crippen LogP contribution in [0.15, 0.2) is 70.9 Å². The summed E-state index contributed by atoms with van der Waals surface area (Å²) in [4.78, 5) is 13.9. The van der Waals surface area contributed by atoms with Crippen molar-refractivity contribution in [2.45, 2.75) is 11.3 Å². The molecule has 0 fully saturated rings. The summed E-state index contributed by atoms with van der Waals surface area (Å²) in [5, 5.41) is 11.2. The van der Waals surface area contributed by atoms with Crippen molar-refractivity contribution in [3.8, 4) is 16.2 Å². The average molecular weight is 342 g/mol. The van der Waals surface area contributed by atoms with Crippen molar-refractivity contribution in [1.29, 1.82) is 0 Å². The molecule has 0 aliphatic carbocycles. The van der Waals surface area contributed by atoms with Crippen LogP contribution in [-0.2, 0) is 15.4 Å². The molecule has 0 atom stereocenters. The summed E-state index contributed by atoms with van der Waals surface area (Å²) in [6.45, 7) is 0. The van der Waals surface area contributed by atoms with Crippen LogP contribution < -0.4 is 0 Å². The van der Waals surface area contributed by atoms with Crippen LogP contribution in [0.4, 0.5) is 0 Å². The monoisotopic (exact) mass is 342 g/mol. The highest BCUT2D eigenvalue weighted by Crippen LogP contribution is 2.25. The molecule has 0 unspecified atom stereocenters. The molecule has 5 heteroatoms. The summed E-state index contributed by atoms with van der Waals surface area (Å²) in [6, 6.07) is 18.5. The highest BCUT2D eigenvalue weighted by molar-refractivity contribution is 7.95. The molecule has 0 aliphatic rings. The van der Waals surface area contributed by atoms with Gasteiger partial charge in [-0.05, 0) is 46.8 Å². The number of carbonyl (C=O) groups excluding carboxylic acids is 1. The van der Waals surface area contributed by atoms with E-state index in [0.29, 0.717) is 0 Å². The molecule has 1 N–H and O–H groups in total. The maximum absolute atomic E-state index is 11.9.